The van der Waals surface area contributed by atoms with Crippen LogP contribution in [0.25, 0.3) is 11.5 Å². The lowest BCUT2D eigenvalue weighted by Crippen LogP contribution is -2.12. The average Bonchev–Trinajstić information content (AvgIpc) is 3.30. The summed E-state index contributed by atoms with van der Waals surface area (Å²) in [7, 11) is 0. The first-order chi connectivity index (χ1) is 10.8. The van der Waals surface area contributed by atoms with Crippen molar-refractivity contribution in [2.75, 3.05) is 11.5 Å². The smallest absolute Gasteiger partial charge is 0.383 e. The van der Waals surface area contributed by atoms with Gasteiger partial charge in [-0.05, 0) is 36.8 Å². The molecule has 2 aromatic rings. The second-order valence-electron chi connectivity index (χ2n) is 5.76. The molecule has 0 amide bonds. The number of pyridine rings is 1. The molecule has 122 valence electrons. The lowest BCUT2D eigenvalue weighted by atomic mass is 9.97. The van der Waals surface area contributed by atoms with Gasteiger partial charge < -0.3 is 11.5 Å². The van der Waals surface area contributed by atoms with Gasteiger partial charge in [-0.15, -0.1) is 0 Å². The van der Waals surface area contributed by atoms with Gasteiger partial charge in [-0.3, -0.25) is 0 Å². The Labute approximate surface area is 131 Å². The second-order valence-corrected chi connectivity index (χ2v) is 5.76. The number of nitrogens with zero attached hydrogens (tertiary/aromatic N) is 3. The summed E-state index contributed by atoms with van der Waals surface area (Å²) in [6, 6.07) is 3.54. The molecule has 0 saturated heterocycles. The van der Waals surface area contributed by atoms with E-state index < -0.39 is 11.9 Å². The van der Waals surface area contributed by atoms with Crippen molar-refractivity contribution >= 4 is 11.6 Å². The van der Waals surface area contributed by atoms with Crippen molar-refractivity contribution in [3.05, 3.63) is 29.5 Å². The molecule has 0 bridgehead atoms. The number of hydrogen-bond donors (Lipinski definition) is 2. The summed E-state index contributed by atoms with van der Waals surface area (Å²) in [6.07, 6.45) is -2.32. The monoisotopic (exact) mass is 323 g/mol. The highest BCUT2D eigenvalue weighted by Crippen LogP contribution is 2.45. The van der Waals surface area contributed by atoms with Crippen molar-refractivity contribution < 1.29 is 13.2 Å². The maximum absolute atomic E-state index is 12.8. The van der Waals surface area contributed by atoms with E-state index in [9.17, 15) is 13.2 Å². The molecule has 1 aliphatic carbocycles. The van der Waals surface area contributed by atoms with Crippen LogP contribution in [0.15, 0.2) is 18.2 Å². The van der Waals surface area contributed by atoms with E-state index in [-0.39, 0.29) is 29.1 Å². The largest absolute Gasteiger partial charge is 0.433 e. The van der Waals surface area contributed by atoms with Gasteiger partial charge in [-0.25, -0.2) is 15.0 Å². The zero-order chi connectivity index (χ0) is 16.8. The van der Waals surface area contributed by atoms with Gasteiger partial charge in [0.25, 0.3) is 0 Å². The molecule has 5 nitrogen and oxygen atoms in total. The highest BCUT2D eigenvalue weighted by Gasteiger charge is 2.34. The van der Waals surface area contributed by atoms with Crippen molar-refractivity contribution in [1.82, 2.24) is 15.0 Å². The third kappa shape index (κ3) is 3.06. The first-order valence-corrected chi connectivity index (χ1v) is 7.25. The highest BCUT2D eigenvalue weighted by atomic mass is 19.4. The Bertz CT molecular complexity index is 717. The molecule has 4 N–H and O–H groups in total. The Kier molecular flexibility index (Phi) is 3.62. The standard InChI is InChI=1S/C15H16F3N5/c1-7(8-5-6-8)11-12(19)22-14(23-13(11)20)9-3-2-4-10(21-9)15(16,17)18/h2-4,7-8H,5-6H2,1H3,(H4,19,20,22,23)/t7-/m1/s1. The number of rotatable bonds is 3. The molecule has 0 unspecified atom stereocenters. The molecule has 1 fully saturated rings. The van der Waals surface area contributed by atoms with Crippen LogP contribution in [0.1, 0.15) is 36.9 Å². The fraction of sp³-hybridized carbons (Fsp3) is 0.400. The van der Waals surface area contributed by atoms with Crippen LogP contribution in [-0.4, -0.2) is 15.0 Å². The van der Waals surface area contributed by atoms with Crippen molar-refractivity contribution in [1.29, 1.82) is 0 Å². The summed E-state index contributed by atoms with van der Waals surface area (Å²) in [4.78, 5) is 11.8. The molecular formula is C15H16F3N5. The van der Waals surface area contributed by atoms with E-state index in [4.69, 9.17) is 11.5 Å². The zero-order valence-electron chi connectivity index (χ0n) is 12.4. The van der Waals surface area contributed by atoms with Gasteiger partial charge in [-0.1, -0.05) is 13.0 Å². The number of alkyl halides is 3. The molecule has 1 aliphatic rings. The highest BCUT2D eigenvalue weighted by molar-refractivity contribution is 5.62. The minimum absolute atomic E-state index is 0.00199. The third-order valence-corrected chi connectivity index (χ3v) is 4.06. The Hall–Kier alpha value is -2.38. The summed E-state index contributed by atoms with van der Waals surface area (Å²) in [6.45, 7) is 2.01. The van der Waals surface area contributed by atoms with Crippen LogP contribution in [-0.2, 0) is 6.18 Å². The fourth-order valence-corrected chi connectivity index (χ4v) is 2.63. The molecule has 23 heavy (non-hydrogen) atoms. The maximum atomic E-state index is 12.8. The minimum Gasteiger partial charge on any atom is -0.383 e. The molecule has 8 heteroatoms. The van der Waals surface area contributed by atoms with Crippen LogP contribution < -0.4 is 11.5 Å². The number of aromatic nitrogens is 3. The fourth-order valence-electron chi connectivity index (χ4n) is 2.63. The van der Waals surface area contributed by atoms with Gasteiger partial charge in [-0.2, -0.15) is 13.2 Å². The molecule has 2 aromatic heterocycles. The summed E-state index contributed by atoms with van der Waals surface area (Å²) in [5.74, 6) is 1.05. The van der Waals surface area contributed by atoms with Gasteiger partial charge in [0.05, 0.1) is 0 Å². The van der Waals surface area contributed by atoms with Crippen LogP contribution in [0.5, 0.6) is 0 Å². The lowest BCUT2D eigenvalue weighted by Gasteiger charge is -2.16. The van der Waals surface area contributed by atoms with E-state index in [1.165, 1.54) is 12.1 Å². The minimum atomic E-state index is -4.53. The van der Waals surface area contributed by atoms with E-state index in [0.717, 1.165) is 18.9 Å². The molecule has 1 atom stereocenters. The summed E-state index contributed by atoms with van der Waals surface area (Å²) >= 11 is 0. The van der Waals surface area contributed by atoms with Crippen molar-refractivity contribution in [2.24, 2.45) is 5.92 Å². The molecule has 0 aromatic carbocycles. The third-order valence-electron chi connectivity index (χ3n) is 4.06. The quantitative estimate of drug-likeness (QED) is 0.905. The SMILES string of the molecule is C[C@@H](c1c(N)nc(-c2cccc(C(F)(F)F)n2)nc1N)C1CC1. The first kappa shape index (κ1) is 15.5. The Balaban J connectivity index is 2.01. The molecule has 1 saturated carbocycles. The van der Waals surface area contributed by atoms with Gasteiger partial charge in [0.15, 0.2) is 5.82 Å². The maximum Gasteiger partial charge on any atom is 0.433 e. The number of nitrogen functional groups attached to an aromatic ring is 2. The molecule has 2 heterocycles. The van der Waals surface area contributed by atoms with Crippen LogP contribution >= 0.6 is 0 Å². The first-order valence-electron chi connectivity index (χ1n) is 7.25. The van der Waals surface area contributed by atoms with E-state index in [1.807, 2.05) is 6.92 Å². The molecule has 0 spiro atoms. The molecule has 0 radical (unpaired) electrons. The van der Waals surface area contributed by atoms with Crippen LogP contribution in [0.4, 0.5) is 24.8 Å². The van der Waals surface area contributed by atoms with Crippen molar-refractivity contribution in [3.8, 4) is 11.5 Å². The Morgan fingerprint density at radius 1 is 1.09 bits per heavy atom. The Morgan fingerprint density at radius 3 is 2.22 bits per heavy atom. The van der Waals surface area contributed by atoms with Crippen LogP contribution in [0.2, 0.25) is 0 Å². The Morgan fingerprint density at radius 2 is 1.70 bits per heavy atom. The van der Waals surface area contributed by atoms with Crippen molar-refractivity contribution in [3.63, 3.8) is 0 Å². The van der Waals surface area contributed by atoms with Crippen molar-refractivity contribution in [2.45, 2.75) is 31.9 Å². The lowest BCUT2D eigenvalue weighted by molar-refractivity contribution is -0.141. The van der Waals surface area contributed by atoms with E-state index in [2.05, 4.69) is 15.0 Å². The summed E-state index contributed by atoms with van der Waals surface area (Å²) < 4.78 is 38.3. The average molecular weight is 323 g/mol. The molecular weight excluding hydrogens is 307 g/mol. The van der Waals surface area contributed by atoms with E-state index in [0.29, 0.717) is 11.5 Å². The van der Waals surface area contributed by atoms with Gasteiger partial charge in [0, 0.05) is 5.56 Å². The predicted molar refractivity (Wildman–Crippen MR) is 80.2 cm³/mol. The van der Waals surface area contributed by atoms with Crippen LogP contribution in [0, 0.1) is 5.92 Å². The second kappa shape index (κ2) is 5.36. The predicted octanol–water partition coefficient (Wildman–Crippen LogP) is 3.24. The van der Waals surface area contributed by atoms with Crippen LogP contribution in [0.3, 0.4) is 0 Å². The van der Waals surface area contributed by atoms with E-state index in [1.54, 1.807) is 0 Å². The topological polar surface area (TPSA) is 90.7 Å². The van der Waals surface area contributed by atoms with Gasteiger partial charge in [0.2, 0.25) is 0 Å². The molecule has 0 aliphatic heterocycles. The number of anilines is 2. The van der Waals surface area contributed by atoms with Gasteiger partial charge >= 0.3 is 6.18 Å². The summed E-state index contributed by atoms with van der Waals surface area (Å²) in [5.41, 5.74) is 11.6. The normalized spacial score (nSPS) is 16.3. The number of hydrogen-bond acceptors (Lipinski definition) is 5. The zero-order valence-corrected chi connectivity index (χ0v) is 12.4. The summed E-state index contributed by atoms with van der Waals surface area (Å²) in [5, 5.41) is 0. The van der Waals surface area contributed by atoms with Gasteiger partial charge in [0.1, 0.15) is 23.0 Å². The number of nitrogens with two attached hydrogens (primary N) is 2. The molecule has 3 rings (SSSR count). The number of halogens is 3. The van der Waals surface area contributed by atoms with E-state index >= 15 is 0 Å².